The summed E-state index contributed by atoms with van der Waals surface area (Å²) < 4.78 is 5.46. The van der Waals surface area contributed by atoms with Gasteiger partial charge in [-0.05, 0) is 22.3 Å². The highest BCUT2D eigenvalue weighted by molar-refractivity contribution is 6.10. The highest BCUT2D eigenvalue weighted by Gasteiger charge is 2.15. The second-order valence-electron chi connectivity index (χ2n) is 3.68. The molecule has 1 aliphatic rings. The Morgan fingerprint density at radius 2 is 2.31 bits per heavy atom. The summed E-state index contributed by atoms with van der Waals surface area (Å²) in [5.41, 5.74) is 4.83. The molecule has 0 fully saturated rings. The van der Waals surface area contributed by atoms with E-state index in [4.69, 9.17) is 4.74 Å². The minimum Gasteiger partial charge on any atom is -0.372 e. The number of fused-ring (bicyclic) bond motifs is 1. The molecule has 2 nitrogen and oxygen atoms in total. The Morgan fingerprint density at radius 1 is 1.44 bits per heavy atom. The van der Waals surface area contributed by atoms with Gasteiger partial charge in [-0.25, -0.2) is 0 Å². The maximum absolute atomic E-state index is 5.46. The lowest BCUT2D eigenvalue weighted by Gasteiger charge is -2.07. The van der Waals surface area contributed by atoms with Gasteiger partial charge in [-0.1, -0.05) is 36.9 Å². The summed E-state index contributed by atoms with van der Waals surface area (Å²) in [5.74, 6) is 0. The fraction of sp³-hybridized carbons (Fsp3) is 0.214. The first-order valence-corrected chi connectivity index (χ1v) is 5.30. The van der Waals surface area contributed by atoms with Crippen LogP contribution < -0.4 is 0 Å². The van der Waals surface area contributed by atoms with E-state index in [1.165, 1.54) is 16.7 Å². The van der Waals surface area contributed by atoms with Crippen molar-refractivity contribution in [3.63, 3.8) is 0 Å². The van der Waals surface area contributed by atoms with Gasteiger partial charge in [0.2, 0.25) is 0 Å². The van der Waals surface area contributed by atoms with Crippen LogP contribution in [0.1, 0.15) is 16.7 Å². The zero-order valence-corrected chi connectivity index (χ0v) is 9.44. The van der Waals surface area contributed by atoms with Crippen molar-refractivity contribution < 1.29 is 4.74 Å². The van der Waals surface area contributed by atoms with Crippen LogP contribution in [-0.4, -0.2) is 13.3 Å². The Morgan fingerprint density at radius 3 is 3.06 bits per heavy atom. The van der Waals surface area contributed by atoms with E-state index in [9.17, 15) is 0 Å². The van der Waals surface area contributed by atoms with E-state index in [0.29, 0.717) is 13.2 Å². The predicted octanol–water partition coefficient (Wildman–Crippen LogP) is 2.99. The Kier molecular flexibility index (Phi) is 3.32. The highest BCUT2D eigenvalue weighted by Crippen LogP contribution is 2.27. The summed E-state index contributed by atoms with van der Waals surface area (Å²) in [4.78, 5) is 4.07. The Bertz CT molecular complexity index is 458. The third-order valence-corrected chi connectivity index (χ3v) is 2.65. The van der Waals surface area contributed by atoms with Gasteiger partial charge >= 0.3 is 0 Å². The standard InChI is InChI=1S/C14H15NO/c1-3-5-11(8-15-2)13-7-4-6-12-9-16-10-14(12)13/h3-8H,1,9-10H2,2H3/b11-5+,15-8?. The molecule has 1 aromatic rings. The maximum Gasteiger partial charge on any atom is 0.0731 e. The Balaban J connectivity index is 2.50. The first kappa shape index (κ1) is 10.8. The third kappa shape index (κ3) is 1.97. The molecule has 82 valence electrons. The van der Waals surface area contributed by atoms with Crippen molar-refractivity contribution in [3.05, 3.63) is 53.6 Å². The van der Waals surface area contributed by atoms with E-state index >= 15 is 0 Å². The largest absolute Gasteiger partial charge is 0.372 e. The van der Waals surface area contributed by atoms with Crippen LogP contribution in [0.3, 0.4) is 0 Å². The summed E-state index contributed by atoms with van der Waals surface area (Å²) in [7, 11) is 1.77. The van der Waals surface area contributed by atoms with E-state index in [1.807, 2.05) is 12.3 Å². The van der Waals surface area contributed by atoms with Crippen LogP contribution in [0.25, 0.3) is 5.57 Å². The molecule has 0 radical (unpaired) electrons. The van der Waals surface area contributed by atoms with Crippen molar-refractivity contribution in [2.24, 2.45) is 4.99 Å². The zero-order valence-electron chi connectivity index (χ0n) is 9.44. The molecule has 0 N–H and O–H groups in total. The summed E-state index contributed by atoms with van der Waals surface area (Å²) in [5, 5.41) is 0. The summed E-state index contributed by atoms with van der Waals surface area (Å²) in [6, 6.07) is 6.27. The molecule has 1 aromatic carbocycles. The number of benzene rings is 1. The summed E-state index contributed by atoms with van der Waals surface area (Å²) >= 11 is 0. The molecule has 0 unspecified atom stereocenters. The number of rotatable bonds is 3. The maximum atomic E-state index is 5.46. The van der Waals surface area contributed by atoms with Crippen molar-refractivity contribution in [2.45, 2.75) is 13.2 Å². The molecule has 0 amide bonds. The highest BCUT2D eigenvalue weighted by atomic mass is 16.5. The number of hydrogen-bond donors (Lipinski definition) is 0. The van der Waals surface area contributed by atoms with Gasteiger partial charge in [0.15, 0.2) is 0 Å². The molecule has 2 heteroatoms. The van der Waals surface area contributed by atoms with Crippen molar-refractivity contribution >= 4 is 11.8 Å². The van der Waals surface area contributed by atoms with Crippen molar-refractivity contribution in [3.8, 4) is 0 Å². The zero-order chi connectivity index (χ0) is 11.4. The lowest BCUT2D eigenvalue weighted by atomic mass is 9.97. The van der Waals surface area contributed by atoms with Crippen molar-refractivity contribution in [1.29, 1.82) is 0 Å². The van der Waals surface area contributed by atoms with Gasteiger partial charge in [0, 0.05) is 13.3 Å². The van der Waals surface area contributed by atoms with Gasteiger partial charge in [0.05, 0.1) is 13.2 Å². The summed E-state index contributed by atoms with van der Waals surface area (Å²) in [6.07, 6.45) is 5.61. The van der Waals surface area contributed by atoms with Crippen LogP contribution >= 0.6 is 0 Å². The van der Waals surface area contributed by atoms with E-state index in [1.54, 1.807) is 13.1 Å². The van der Waals surface area contributed by atoms with Crippen LogP contribution in [-0.2, 0) is 18.0 Å². The van der Waals surface area contributed by atoms with Gasteiger partial charge in [-0.3, -0.25) is 4.99 Å². The minimum absolute atomic E-state index is 0.692. The molecule has 16 heavy (non-hydrogen) atoms. The predicted molar refractivity (Wildman–Crippen MR) is 67.5 cm³/mol. The molecule has 0 saturated carbocycles. The smallest absolute Gasteiger partial charge is 0.0731 e. The summed E-state index contributed by atoms with van der Waals surface area (Å²) in [6.45, 7) is 5.14. The second-order valence-corrected chi connectivity index (χ2v) is 3.68. The third-order valence-electron chi connectivity index (χ3n) is 2.65. The molecular formula is C14H15NO. The monoisotopic (exact) mass is 213 g/mol. The molecule has 1 heterocycles. The fourth-order valence-electron chi connectivity index (χ4n) is 1.94. The van der Waals surface area contributed by atoms with E-state index < -0.39 is 0 Å². The number of allylic oxidation sites excluding steroid dienone is 3. The number of hydrogen-bond acceptors (Lipinski definition) is 2. The molecular weight excluding hydrogens is 198 g/mol. The molecule has 0 bridgehead atoms. The molecule has 0 atom stereocenters. The molecule has 1 aliphatic heterocycles. The Labute approximate surface area is 96.0 Å². The second kappa shape index (κ2) is 4.90. The van der Waals surface area contributed by atoms with Crippen LogP contribution in [0, 0.1) is 0 Å². The number of ether oxygens (including phenoxy) is 1. The minimum atomic E-state index is 0.692. The fourth-order valence-corrected chi connectivity index (χ4v) is 1.94. The topological polar surface area (TPSA) is 21.6 Å². The quantitative estimate of drug-likeness (QED) is 0.558. The molecule has 0 saturated heterocycles. The first-order chi connectivity index (χ1) is 7.86. The van der Waals surface area contributed by atoms with Gasteiger partial charge in [-0.2, -0.15) is 0 Å². The van der Waals surface area contributed by atoms with Gasteiger partial charge < -0.3 is 4.74 Å². The van der Waals surface area contributed by atoms with E-state index in [2.05, 4.69) is 29.8 Å². The normalized spacial score (nSPS) is 15.4. The average molecular weight is 213 g/mol. The SMILES string of the molecule is C=C/C=C(\C=NC)c1cccc2c1COC2. The van der Waals surface area contributed by atoms with Gasteiger partial charge in [0.25, 0.3) is 0 Å². The van der Waals surface area contributed by atoms with E-state index in [0.717, 1.165) is 5.57 Å². The van der Waals surface area contributed by atoms with Gasteiger partial charge in [0.1, 0.15) is 0 Å². The molecule has 0 aromatic heterocycles. The number of nitrogens with zero attached hydrogens (tertiary/aromatic N) is 1. The molecule has 0 aliphatic carbocycles. The average Bonchev–Trinajstić information content (AvgIpc) is 2.76. The lowest BCUT2D eigenvalue weighted by Crippen LogP contribution is -1.94. The van der Waals surface area contributed by atoms with Crippen molar-refractivity contribution in [1.82, 2.24) is 0 Å². The van der Waals surface area contributed by atoms with Crippen LogP contribution in [0.5, 0.6) is 0 Å². The van der Waals surface area contributed by atoms with Crippen molar-refractivity contribution in [2.75, 3.05) is 7.05 Å². The lowest BCUT2D eigenvalue weighted by molar-refractivity contribution is 0.134. The molecule has 2 rings (SSSR count). The van der Waals surface area contributed by atoms with Crippen LogP contribution in [0.4, 0.5) is 0 Å². The Hall–Kier alpha value is -1.67. The molecule has 0 spiro atoms. The van der Waals surface area contributed by atoms with Crippen LogP contribution in [0.15, 0.2) is 41.9 Å². The van der Waals surface area contributed by atoms with Crippen LogP contribution in [0.2, 0.25) is 0 Å². The van der Waals surface area contributed by atoms with E-state index in [-0.39, 0.29) is 0 Å². The first-order valence-electron chi connectivity index (χ1n) is 5.30. The van der Waals surface area contributed by atoms with Gasteiger partial charge in [-0.15, -0.1) is 0 Å². The number of aliphatic imine (C=N–C) groups is 1.